The summed E-state index contributed by atoms with van der Waals surface area (Å²) in [7, 11) is 4.61. The molecule has 202 valence electrons. The zero-order valence-corrected chi connectivity index (χ0v) is 23.1. The molecule has 1 N–H and O–H groups in total. The lowest BCUT2D eigenvalue weighted by Crippen LogP contribution is -2.36. The van der Waals surface area contributed by atoms with Gasteiger partial charge in [-0.2, -0.15) is 4.80 Å². The maximum absolute atomic E-state index is 13.2. The maximum atomic E-state index is 13.2. The molecule has 0 fully saturated rings. The van der Waals surface area contributed by atoms with Crippen molar-refractivity contribution in [2.45, 2.75) is 103 Å². The molecule has 0 radical (unpaired) electrons. The average Bonchev–Trinajstić information content (AvgIpc) is 3.37. The lowest BCUT2D eigenvalue weighted by atomic mass is 9.91. The molecule has 9 heteroatoms. The molecule has 0 saturated heterocycles. The molecule has 0 spiro atoms. The molecular weight excluding hydrogens is 458 g/mol. The Kier molecular flexibility index (Phi) is 12.5. The van der Waals surface area contributed by atoms with Gasteiger partial charge in [-0.25, -0.2) is 0 Å². The van der Waals surface area contributed by atoms with E-state index >= 15 is 0 Å². The van der Waals surface area contributed by atoms with E-state index in [2.05, 4.69) is 27.7 Å². The first kappa shape index (κ1) is 29.4. The van der Waals surface area contributed by atoms with Crippen molar-refractivity contribution in [3.63, 3.8) is 0 Å². The van der Waals surface area contributed by atoms with Gasteiger partial charge >= 0.3 is 0 Å². The van der Waals surface area contributed by atoms with Crippen molar-refractivity contribution in [1.29, 1.82) is 0 Å². The number of hydrogen-bond acceptors (Lipinski definition) is 7. The average molecular weight is 504 g/mol. The number of anilines is 1. The van der Waals surface area contributed by atoms with Crippen LogP contribution in [-0.2, 0) is 16.8 Å². The zero-order chi connectivity index (χ0) is 26.4. The van der Waals surface area contributed by atoms with Crippen LogP contribution in [-0.4, -0.2) is 47.4 Å². The Bertz CT molecular complexity index is 904. The van der Waals surface area contributed by atoms with Gasteiger partial charge in [-0.05, 0) is 25.5 Å². The predicted octanol–water partition coefficient (Wildman–Crippen LogP) is 5.93. The van der Waals surface area contributed by atoms with Crippen LogP contribution in [0, 0.1) is 0 Å². The molecule has 0 unspecified atom stereocenters. The van der Waals surface area contributed by atoms with Crippen molar-refractivity contribution in [3.8, 4) is 17.2 Å². The Morgan fingerprint density at radius 1 is 0.861 bits per heavy atom. The van der Waals surface area contributed by atoms with Crippen LogP contribution in [0.2, 0.25) is 0 Å². The summed E-state index contributed by atoms with van der Waals surface area (Å²) in [4.78, 5) is 14.8. The third-order valence-corrected chi connectivity index (χ3v) is 6.49. The summed E-state index contributed by atoms with van der Waals surface area (Å²) in [6.45, 7) is 6.50. The first-order chi connectivity index (χ1) is 17.4. The van der Waals surface area contributed by atoms with Crippen molar-refractivity contribution in [1.82, 2.24) is 20.2 Å². The molecule has 1 aromatic heterocycles. The number of nitrogens with one attached hydrogen (secondary N) is 1. The highest BCUT2D eigenvalue weighted by atomic mass is 16.5. The number of aromatic nitrogens is 4. The second-order valence-corrected chi connectivity index (χ2v) is 9.73. The molecule has 0 aliphatic carbocycles. The van der Waals surface area contributed by atoms with Gasteiger partial charge in [0.2, 0.25) is 5.91 Å². The molecule has 1 aromatic carbocycles. The van der Waals surface area contributed by atoms with Gasteiger partial charge in [0.15, 0.2) is 5.82 Å². The van der Waals surface area contributed by atoms with Gasteiger partial charge in [-0.15, -0.1) is 10.2 Å². The minimum Gasteiger partial charge on any atom is -0.496 e. The summed E-state index contributed by atoms with van der Waals surface area (Å²) in [5, 5.41) is 15.7. The SMILES string of the molecule is CCCCCCCCCCCCCn1nnc(C(C)(C)C(=O)Nc2c(OC)cc(OC)cc2OC)n1. The summed E-state index contributed by atoms with van der Waals surface area (Å²) < 4.78 is 16.1. The van der Waals surface area contributed by atoms with Crippen molar-refractivity contribution in [2.24, 2.45) is 0 Å². The molecule has 1 heterocycles. The molecule has 0 aliphatic rings. The Morgan fingerprint density at radius 3 is 1.89 bits per heavy atom. The van der Waals surface area contributed by atoms with E-state index in [0.29, 0.717) is 35.3 Å². The molecule has 36 heavy (non-hydrogen) atoms. The van der Waals surface area contributed by atoms with Crippen molar-refractivity contribution in [3.05, 3.63) is 18.0 Å². The van der Waals surface area contributed by atoms with Gasteiger partial charge in [0.05, 0.1) is 27.9 Å². The van der Waals surface area contributed by atoms with E-state index in [1.54, 1.807) is 37.9 Å². The predicted molar refractivity (Wildman–Crippen MR) is 142 cm³/mol. The number of benzene rings is 1. The van der Waals surface area contributed by atoms with Crippen LogP contribution in [0.5, 0.6) is 17.2 Å². The van der Waals surface area contributed by atoms with E-state index < -0.39 is 5.41 Å². The summed E-state index contributed by atoms with van der Waals surface area (Å²) in [5.74, 6) is 1.51. The summed E-state index contributed by atoms with van der Waals surface area (Å²) >= 11 is 0. The summed E-state index contributed by atoms with van der Waals surface area (Å²) in [6.07, 6.45) is 14.1. The standard InChI is InChI=1S/C27H45N5O4/c1-7-8-9-10-11-12-13-14-15-16-17-18-32-30-25(29-31-32)27(2,3)26(33)28-24-22(35-5)19-21(34-4)20-23(24)36-6/h19-20H,7-18H2,1-6H3,(H,28,33). The third-order valence-electron chi connectivity index (χ3n) is 6.49. The highest BCUT2D eigenvalue weighted by molar-refractivity contribution is 6.00. The van der Waals surface area contributed by atoms with Crippen LogP contribution in [0.15, 0.2) is 12.1 Å². The number of nitrogens with zero attached hydrogens (tertiary/aromatic N) is 4. The van der Waals surface area contributed by atoms with Crippen LogP contribution in [0.4, 0.5) is 5.69 Å². The normalized spacial score (nSPS) is 11.4. The number of carbonyl (C=O) groups excluding carboxylic acids is 1. The quantitative estimate of drug-likeness (QED) is 0.252. The molecule has 0 aliphatic heterocycles. The third kappa shape index (κ3) is 8.68. The first-order valence-corrected chi connectivity index (χ1v) is 13.3. The van der Waals surface area contributed by atoms with Crippen molar-refractivity contribution >= 4 is 11.6 Å². The summed E-state index contributed by atoms with van der Waals surface area (Å²) in [6, 6.07) is 3.38. The van der Waals surface area contributed by atoms with E-state index in [-0.39, 0.29) is 5.91 Å². The number of ether oxygens (including phenoxy) is 3. The lowest BCUT2D eigenvalue weighted by molar-refractivity contribution is -0.120. The number of rotatable bonds is 18. The van der Waals surface area contributed by atoms with Crippen LogP contribution in [0.25, 0.3) is 0 Å². The smallest absolute Gasteiger partial charge is 0.238 e. The minimum absolute atomic E-state index is 0.293. The molecule has 0 saturated carbocycles. The van der Waals surface area contributed by atoms with Crippen LogP contribution in [0.1, 0.15) is 97.2 Å². The molecule has 0 bridgehead atoms. The monoisotopic (exact) mass is 503 g/mol. The van der Waals surface area contributed by atoms with Gasteiger partial charge in [0, 0.05) is 12.1 Å². The fourth-order valence-electron chi connectivity index (χ4n) is 4.01. The number of aryl methyl sites for hydroxylation is 1. The molecule has 2 rings (SSSR count). The largest absolute Gasteiger partial charge is 0.496 e. The fourth-order valence-corrected chi connectivity index (χ4v) is 4.01. The molecule has 0 atom stereocenters. The van der Waals surface area contributed by atoms with Crippen molar-refractivity contribution in [2.75, 3.05) is 26.6 Å². The van der Waals surface area contributed by atoms with Gasteiger partial charge in [-0.3, -0.25) is 4.79 Å². The number of hydrogen-bond donors (Lipinski definition) is 1. The lowest BCUT2D eigenvalue weighted by Gasteiger charge is -2.22. The summed E-state index contributed by atoms with van der Waals surface area (Å²) in [5.41, 5.74) is -0.585. The van der Waals surface area contributed by atoms with E-state index in [9.17, 15) is 4.79 Å². The van der Waals surface area contributed by atoms with Gasteiger partial charge < -0.3 is 19.5 Å². The Hall–Kier alpha value is -2.84. The second kappa shape index (κ2) is 15.3. The Morgan fingerprint density at radius 2 is 1.39 bits per heavy atom. The van der Waals surface area contributed by atoms with Crippen molar-refractivity contribution < 1.29 is 19.0 Å². The highest BCUT2D eigenvalue weighted by Gasteiger charge is 2.36. The van der Waals surface area contributed by atoms with Crippen LogP contribution < -0.4 is 19.5 Å². The zero-order valence-electron chi connectivity index (χ0n) is 23.1. The van der Waals surface area contributed by atoms with Gasteiger partial charge in [0.25, 0.3) is 0 Å². The second-order valence-electron chi connectivity index (χ2n) is 9.73. The Balaban J connectivity index is 1.84. The first-order valence-electron chi connectivity index (χ1n) is 13.3. The Labute approximate surface area is 216 Å². The number of methoxy groups -OCH3 is 3. The number of unbranched alkanes of at least 4 members (excludes halogenated alkanes) is 10. The van der Waals surface area contributed by atoms with Gasteiger partial charge in [0.1, 0.15) is 28.4 Å². The van der Waals surface area contributed by atoms with Crippen LogP contribution >= 0.6 is 0 Å². The maximum Gasteiger partial charge on any atom is 0.238 e. The number of carbonyl (C=O) groups is 1. The van der Waals surface area contributed by atoms with Crippen LogP contribution in [0.3, 0.4) is 0 Å². The van der Waals surface area contributed by atoms with E-state index in [1.165, 1.54) is 72.0 Å². The van der Waals surface area contributed by atoms with E-state index in [4.69, 9.17) is 14.2 Å². The molecule has 2 aromatic rings. The van der Waals surface area contributed by atoms with E-state index in [0.717, 1.165) is 12.8 Å². The number of tetrazole rings is 1. The minimum atomic E-state index is -1.01. The number of amides is 1. The molecule has 9 nitrogen and oxygen atoms in total. The molecular formula is C27H45N5O4. The molecule has 1 amide bonds. The fraction of sp³-hybridized carbons (Fsp3) is 0.704. The van der Waals surface area contributed by atoms with E-state index in [1.807, 2.05) is 0 Å². The van der Waals surface area contributed by atoms with Gasteiger partial charge in [-0.1, -0.05) is 71.1 Å². The highest BCUT2D eigenvalue weighted by Crippen LogP contribution is 2.39. The topological polar surface area (TPSA) is 100 Å².